The number of aryl methyl sites for hydroxylation is 1. The van der Waals surface area contributed by atoms with Gasteiger partial charge in [-0.3, -0.25) is 4.68 Å². The fourth-order valence-corrected chi connectivity index (χ4v) is 1.94. The van der Waals surface area contributed by atoms with E-state index in [0.29, 0.717) is 17.3 Å². The summed E-state index contributed by atoms with van der Waals surface area (Å²) in [5, 5.41) is 10.5. The van der Waals surface area contributed by atoms with E-state index in [1.54, 1.807) is 24.3 Å². The number of aromatic nitrogens is 2. The molecule has 1 atom stereocenters. The smallest absolute Gasteiger partial charge is 0.319 e. The molecule has 6 heteroatoms. The number of hydrogen-bond donors (Lipinski definition) is 2. The Hall–Kier alpha value is -2.01. The topological polar surface area (TPSA) is 59.0 Å². The van der Waals surface area contributed by atoms with Crippen molar-refractivity contribution in [2.24, 2.45) is 0 Å². The molecule has 1 aromatic carbocycles. The Balaban J connectivity index is 1.83. The first-order chi connectivity index (χ1) is 9.52. The summed E-state index contributed by atoms with van der Waals surface area (Å²) < 4.78 is 1.81. The lowest BCUT2D eigenvalue weighted by Crippen LogP contribution is -2.38. The van der Waals surface area contributed by atoms with Crippen LogP contribution in [0.2, 0.25) is 5.02 Å². The van der Waals surface area contributed by atoms with Gasteiger partial charge in [0, 0.05) is 22.9 Å². The molecule has 5 nitrogen and oxygen atoms in total. The highest BCUT2D eigenvalue weighted by Crippen LogP contribution is 2.13. The number of benzene rings is 1. The van der Waals surface area contributed by atoms with Crippen molar-refractivity contribution in [1.29, 1.82) is 0 Å². The van der Waals surface area contributed by atoms with Crippen LogP contribution in [0.15, 0.2) is 36.5 Å². The summed E-state index contributed by atoms with van der Waals surface area (Å²) in [5.74, 6) is 0. The maximum Gasteiger partial charge on any atom is 0.319 e. The minimum atomic E-state index is -0.247. The van der Waals surface area contributed by atoms with Crippen LogP contribution in [0.1, 0.15) is 12.6 Å². The van der Waals surface area contributed by atoms with Gasteiger partial charge in [0.15, 0.2) is 0 Å². The van der Waals surface area contributed by atoms with Crippen molar-refractivity contribution in [2.45, 2.75) is 26.4 Å². The number of halogens is 1. The maximum absolute atomic E-state index is 11.8. The second kappa shape index (κ2) is 6.43. The van der Waals surface area contributed by atoms with Gasteiger partial charge in [0.2, 0.25) is 0 Å². The molecule has 0 fully saturated rings. The molecule has 2 amide bonds. The molecule has 0 saturated carbocycles. The molecular weight excluding hydrogens is 276 g/mol. The van der Waals surface area contributed by atoms with Crippen molar-refractivity contribution in [3.05, 3.63) is 47.2 Å². The molecule has 0 aliphatic carbocycles. The number of urea groups is 1. The number of rotatable bonds is 4. The number of amides is 2. The van der Waals surface area contributed by atoms with Crippen LogP contribution in [0.25, 0.3) is 0 Å². The van der Waals surface area contributed by atoms with Gasteiger partial charge in [0.1, 0.15) is 0 Å². The minimum absolute atomic E-state index is 0.0263. The average Bonchev–Trinajstić information content (AvgIpc) is 2.77. The van der Waals surface area contributed by atoms with E-state index in [-0.39, 0.29) is 12.1 Å². The molecular formula is C14H17ClN4O. The van der Waals surface area contributed by atoms with E-state index in [1.165, 1.54) is 0 Å². The van der Waals surface area contributed by atoms with Crippen LogP contribution in [0.4, 0.5) is 10.5 Å². The molecule has 0 bridgehead atoms. The first-order valence-electron chi connectivity index (χ1n) is 6.36. The van der Waals surface area contributed by atoms with E-state index < -0.39 is 0 Å². The predicted molar refractivity (Wildman–Crippen MR) is 80.0 cm³/mol. The lowest BCUT2D eigenvalue weighted by molar-refractivity contribution is 0.247. The molecule has 0 spiro atoms. The number of carbonyl (C=O) groups is 1. The van der Waals surface area contributed by atoms with Gasteiger partial charge in [-0.2, -0.15) is 5.10 Å². The molecule has 2 rings (SSSR count). The first-order valence-corrected chi connectivity index (χ1v) is 6.74. The molecule has 106 valence electrons. The van der Waals surface area contributed by atoms with E-state index in [9.17, 15) is 4.79 Å². The van der Waals surface area contributed by atoms with Crippen LogP contribution in [0.3, 0.4) is 0 Å². The second-order valence-electron chi connectivity index (χ2n) is 4.69. The summed E-state index contributed by atoms with van der Waals surface area (Å²) in [4.78, 5) is 11.8. The van der Waals surface area contributed by atoms with Crippen molar-refractivity contribution in [1.82, 2.24) is 15.1 Å². The van der Waals surface area contributed by atoms with Crippen LogP contribution in [0.5, 0.6) is 0 Å². The Bertz CT molecular complexity index is 579. The molecule has 0 radical (unpaired) electrons. The van der Waals surface area contributed by atoms with Gasteiger partial charge in [-0.15, -0.1) is 0 Å². The SMILES string of the molecule is Cc1ccn(CC(C)NC(=O)Nc2ccc(Cl)cc2)n1. The largest absolute Gasteiger partial charge is 0.334 e. The van der Waals surface area contributed by atoms with Crippen molar-refractivity contribution in [2.75, 3.05) is 5.32 Å². The normalized spacial score (nSPS) is 11.9. The lowest BCUT2D eigenvalue weighted by Gasteiger charge is -2.14. The van der Waals surface area contributed by atoms with E-state index >= 15 is 0 Å². The highest BCUT2D eigenvalue weighted by molar-refractivity contribution is 6.30. The molecule has 2 aromatic rings. The average molecular weight is 293 g/mol. The van der Waals surface area contributed by atoms with Gasteiger partial charge >= 0.3 is 6.03 Å². The molecule has 2 N–H and O–H groups in total. The number of nitrogens with one attached hydrogen (secondary N) is 2. The number of carbonyl (C=O) groups excluding carboxylic acids is 1. The quantitative estimate of drug-likeness (QED) is 0.910. The zero-order valence-corrected chi connectivity index (χ0v) is 12.2. The van der Waals surface area contributed by atoms with Crippen LogP contribution in [-0.4, -0.2) is 21.9 Å². The zero-order valence-electron chi connectivity index (χ0n) is 11.4. The summed E-state index contributed by atoms with van der Waals surface area (Å²) in [6.07, 6.45) is 1.89. The lowest BCUT2D eigenvalue weighted by atomic mass is 10.3. The fraction of sp³-hybridized carbons (Fsp3) is 0.286. The Morgan fingerprint density at radius 2 is 2.05 bits per heavy atom. The van der Waals surface area contributed by atoms with Crippen molar-refractivity contribution in [3.63, 3.8) is 0 Å². The highest BCUT2D eigenvalue weighted by atomic mass is 35.5. The van der Waals surface area contributed by atoms with Gasteiger partial charge < -0.3 is 10.6 Å². The van der Waals surface area contributed by atoms with Crippen LogP contribution < -0.4 is 10.6 Å². The number of hydrogen-bond acceptors (Lipinski definition) is 2. The summed E-state index contributed by atoms with van der Waals surface area (Å²) in [7, 11) is 0. The Morgan fingerprint density at radius 1 is 1.35 bits per heavy atom. The zero-order chi connectivity index (χ0) is 14.5. The molecule has 20 heavy (non-hydrogen) atoms. The molecule has 1 unspecified atom stereocenters. The third-order valence-corrected chi connectivity index (χ3v) is 2.97. The van der Waals surface area contributed by atoms with E-state index in [4.69, 9.17) is 11.6 Å². The van der Waals surface area contributed by atoms with Gasteiger partial charge in [-0.25, -0.2) is 4.79 Å². The van der Waals surface area contributed by atoms with Crippen LogP contribution in [0, 0.1) is 6.92 Å². The molecule has 0 saturated heterocycles. The van der Waals surface area contributed by atoms with Crippen LogP contribution in [-0.2, 0) is 6.54 Å². The maximum atomic E-state index is 11.8. The van der Waals surface area contributed by atoms with Crippen molar-refractivity contribution >= 4 is 23.3 Å². The summed E-state index contributed by atoms with van der Waals surface area (Å²) in [6, 6.07) is 8.62. The van der Waals surface area contributed by atoms with Gasteiger partial charge in [0.05, 0.1) is 12.2 Å². The standard InChI is InChI=1S/C14H17ClN4O/c1-10-7-8-19(18-10)9-11(2)16-14(20)17-13-5-3-12(15)4-6-13/h3-8,11H,9H2,1-2H3,(H2,16,17,20). The monoisotopic (exact) mass is 292 g/mol. The van der Waals surface area contributed by atoms with Crippen molar-refractivity contribution < 1.29 is 4.79 Å². The third-order valence-electron chi connectivity index (χ3n) is 2.71. The van der Waals surface area contributed by atoms with E-state index in [1.807, 2.05) is 30.8 Å². The Kier molecular flexibility index (Phi) is 4.63. The molecule has 1 heterocycles. The second-order valence-corrected chi connectivity index (χ2v) is 5.12. The van der Waals surface area contributed by atoms with E-state index in [0.717, 1.165) is 5.69 Å². The van der Waals surface area contributed by atoms with Gasteiger partial charge in [-0.05, 0) is 44.2 Å². The third kappa shape index (κ3) is 4.28. The van der Waals surface area contributed by atoms with Crippen LogP contribution >= 0.6 is 11.6 Å². The van der Waals surface area contributed by atoms with Gasteiger partial charge in [-0.1, -0.05) is 11.6 Å². The number of anilines is 1. The summed E-state index contributed by atoms with van der Waals surface area (Å²) >= 11 is 5.79. The molecule has 0 aliphatic heterocycles. The summed E-state index contributed by atoms with van der Waals surface area (Å²) in [5.41, 5.74) is 1.66. The van der Waals surface area contributed by atoms with Gasteiger partial charge in [0.25, 0.3) is 0 Å². The van der Waals surface area contributed by atoms with E-state index in [2.05, 4.69) is 15.7 Å². The molecule has 1 aromatic heterocycles. The fourth-order valence-electron chi connectivity index (χ4n) is 1.82. The first kappa shape index (κ1) is 14.4. The summed E-state index contributed by atoms with van der Waals surface area (Å²) in [6.45, 7) is 4.49. The molecule has 0 aliphatic rings. The van der Waals surface area contributed by atoms with Crippen molar-refractivity contribution in [3.8, 4) is 0 Å². The minimum Gasteiger partial charge on any atom is -0.334 e. The Labute approximate surface area is 122 Å². The predicted octanol–water partition coefficient (Wildman–Crippen LogP) is 3.06. The number of nitrogens with zero attached hydrogens (tertiary/aromatic N) is 2. The highest BCUT2D eigenvalue weighted by Gasteiger charge is 2.08. The Morgan fingerprint density at radius 3 is 2.65 bits per heavy atom.